The molecule has 0 aliphatic carbocycles. The van der Waals surface area contributed by atoms with Gasteiger partial charge in [0, 0.05) is 29.6 Å². The highest BCUT2D eigenvalue weighted by Crippen LogP contribution is 2.32. The van der Waals surface area contributed by atoms with E-state index in [1.54, 1.807) is 12.1 Å². The third kappa shape index (κ3) is 4.09. The van der Waals surface area contributed by atoms with E-state index in [0.717, 1.165) is 11.3 Å². The minimum absolute atomic E-state index is 0.220. The first-order valence-electron chi connectivity index (χ1n) is 8.19. The zero-order chi connectivity index (χ0) is 18.6. The fraction of sp³-hybridized carbons (Fsp3) is 0.105. The molecule has 8 heteroatoms. The Labute approximate surface area is 160 Å². The first-order valence-corrected chi connectivity index (χ1v) is 8.56. The molecule has 0 saturated heterocycles. The number of rotatable bonds is 5. The van der Waals surface area contributed by atoms with Crippen molar-refractivity contribution >= 4 is 29.1 Å². The van der Waals surface area contributed by atoms with Gasteiger partial charge in [-0.2, -0.15) is 0 Å². The maximum absolute atomic E-state index is 12.3. The second-order valence-electron chi connectivity index (χ2n) is 5.80. The van der Waals surface area contributed by atoms with Gasteiger partial charge in [-0.25, -0.2) is 9.97 Å². The molecule has 1 aliphatic rings. The fourth-order valence-electron chi connectivity index (χ4n) is 2.54. The highest BCUT2D eigenvalue weighted by molar-refractivity contribution is 6.30. The van der Waals surface area contributed by atoms with E-state index in [1.165, 1.54) is 12.4 Å². The highest BCUT2D eigenvalue weighted by atomic mass is 35.5. The number of nitrogens with zero attached hydrogens (tertiary/aromatic N) is 2. The summed E-state index contributed by atoms with van der Waals surface area (Å²) in [6, 6.07) is 12.8. The van der Waals surface area contributed by atoms with Crippen LogP contribution in [0.15, 0.2) is 54.9 Å². The number of fused-ring (bicyclic) bond motifs is 1. The molecule has 4 rings (SSSR count). The summed E-state index contributed by atoms with van der Waals surface area (Å²) in [5.41, 5.74) is 2.04. The molecule has 0 unspecified atom stereocenters. The van der Waals surface area contributed by atoms with Crippen LogP contribution >= 0.6 is 11.6 Å². The average Bonchev–Trinajstić information content (AvgIpc) is 3.14. The maximum atomic E-state index is 12.3. The van der Waals surface area contributed by atoms with Crippen molar-refractivity contribution in [3.63, 3.8) is 0 Å². The second-order valence-corrected chi connectivity index (χ2v) is 6.24. The Morgan fingerprint density at radius 3 is 2.70 bits per heavy atom. The van der Waals surface area contributed by atoms with E-state index >= 15 is 0 Å². The Morgan fingerprint density at radius 2 is 1.89 bits per heavy atom. The molecule has 136 valence electrons. The fourth-order valence-corrected chi connectivity index (χ4v) is 2.73. The smallest absolute Gasteiger partial charge is 0.254 e. The molecule has 1 aliphatic heterocycles. The summed E-state index contributed by atoms with van der Waals surface area (Å²) < 4.78 is 10.6. The van der Waals surface area contributed by atoms with Gasteiger partial charge in [0.05, 0.1) is 5.56 Å². The van der Waals surface area contributed by atoms with Gasteiger partial charge in [0.15, 0.2) is 11.5 Å². The van der Waals surface area contributed by atoms with Gasteiger partial charge in [0.25, 0.3) is 5.91 Å². The SMILES string of the molecule is O=C(NCc1ccc2c(c1)OCO2)c1cnc(Nc2cccc(Cl)c2)nc1. The van der Waals surface area contributed by atoms with Crippen molar-refractivity contribution < 1.29 is 14.3 Å². The zero-order valence-corrected chi connectivity index (χ0v) is 14.9. The molecule has 3 aromatic rings. The maximum Gasteiger partial charge on any atom is 0.254 e. The number of amides is 1. The van der Waals surface area contributed by atoms with Gasteiger partial charge in [-0.3, -0.25) is 4.79 Å². The Kier molecular flexibility index (Phi) is 4.76. The van der Waals surface area contributed by atoms with Gasteiger partial charge in [0.1, 0.15) is 0 Å². The Bertz CT molecular complexity index is 979. The zero-order valence-electron chi connectivity index (χ0n) is 14.1. The normalized spacial score (nSPS) is 11.9. The van der Waals surface area contributed by atoms with Crippen LogP contribution in [0.1, 0.15) is 15.9 Å². The van der Waals surface area contributed by atoms with Crippen molar-refractivity contribution in [2.75, 3.05) is 12.1 Å². The third-order valence-corrected chi connectivity index (χ3v) is 4.12. The lowest BCUT2D eigenvalue weighted by atomic mass is 10.2. The van der Waals surface area contributed by atoms with Gasteiger partial charge >= 0.3 is 0 Å². The molecule has 0 atom stereocenters. The summed E-state index contributed by atoms with van der Waals surface area (Å²) in [4.78, 5) is 20.6. The van der Waals surface area contributed by atoms with Gasteiger partial charge < -0.3 is 20.1 Å². The molecule has 0 fully saturated rings. The molecule has 2 heterocycles. The number of carbonyl (C=O) groups excluding carboxylic acids is 1. The monoisotopic (exact) mass is 382 g/mol. The molecular formula is C19H15ClN4O3. The minimum atomic E-state index is -0.262. The molecular weight excluding hydrogens is 368 g/mol. The van der Waals surface area contributed by atoms with Crippen LogP contribution in [0, 0.1) is 0 Å². The van der Waals surface area contributed by atoms with E-state index in [2.05, 4.69) is 20.6 Å². The van der Waals surface area contributed by atoms with E-state index in [0.29, 0.717) is 34.6 Å². The molecule has 1 amide bonds. The number of nitrogens with one attached hydrogen (secondary N) is 2. The van der Waals surface area contributed by atoms with Crippen LogP contribution in [0.5, 0.6) is 11.5 Å². The van der Waals surface area contributed by atoms with Crippen LogP contribution in [0.4, 0.5) is 11.6 Å². The summed E-state index contributed by atoms with van der Waals surface area (Å²) in [6.07, 6.45) is 2.93. The summed E-state index contributed by atoms with van der Waals surface area (Å²) in [5, 5.41) is 6.47. The molecule has 0 radical (unpaired) electrons. The summed E-state index contributed by atoms with van der Waals surface area (Å²) in [5.74, 6) is 1.51. The summed E-state index contributed by atoms with van der Waals surface area (Å²) in [6.45, 7) is 0.579. The molecule has 0 saturated carbocycles. The van der Waals surface area contributed by atoms with E-state index in [4.69, 9.17) is 21.1 Å². The van der Waals surface area contributed by atoms with Crippen LogP contribution < -0.4 is 20.1 Å². The van der Waals surface area contributed by atoms with Gasteiger partial charge in [-0.1, -0.05) is 23.7 Å². The molecule has 0 spiro atoms. The summed E-state index contributed by atoms with van der Waals surface area (Å²) in [7, 11) is 0. The number of carbonyl (C=O) groups is 1. The Morgan fingerprint density at radius 1 is 1.07 bits per heavy atom. The Balaban J connectivity index is 1.36. The van der Waals surface area contributed by atoms with Gasteiger partial charge in [-0.15, -0.1) is 0 Å². The van der Waals surface area contributed by atoms with E-state index < -0.39 is 0 Å². The molecule has 2 N–H and O–H groups in total. The standard InChI is InChI=1S/C19H15ClN4O3/c20-14-2-1-3-15(7-14)24-19-22-9-13(10-23-19)18(25)21-8-12-4-5-16-17(6-12)27-11-26-16/h1-7,9-10H,8,11H2,(H,21,25)(H,22,23,24). The van der Waals surface area contributed by atoms with E-state index in [1.807, 2.05) is 30.3 Å². The number of benzene rings is 2. The van der Waals surface area contributed by atoms with Crippen molar-refractivity contribution in [3.05, 3.63) is 71.0 Å². The Hall–Kier alpha value is -3.32. The number of halogens is 1. The molecule has 27 heavy (non-hydrogen) atoms. The lowest BCUT2D eigenvalue weighted by molar-refractivity contribution is 0.0950. The lowest BCUT2D eigenvalue weighted by Crippen LogP contribution is -2.23. The predicted octanol–water partition coefficient (Wildman–Crippen LogP) is 3.53. The quantitative estimate of drug-likeness (QED) is 0.702. The van der Waals surface area contributed by atoms with Crippen LogP contribution in [-0.4, -0.2) is 22.7 Å². The first-order chi connectivity index (χ1) is 13.2. The van der Waals surface area contributed by atoms with E-state index in [9.17, 15) is 4.79 Å². The number of ether oxygens (including phenoxy) is 2. The second kappa shape index (κ2) is 7.51. The largest absolute Gasteiger partial charge is 0.454 e. The predicted molar refractivity (Wildman–Crippen MR) is 101 cm³/mol. The van der Waals surface area contributed by atoms with Crippen molar-refractivity contribution in [3.8, 4) is 11.5 Å². The number of hydrogen-bond acceptors (Lipinski definition) is 6. The van der Waals surface area contributed by atoms with Crippen molar-refractivity contribution in [1.82, 2.24) is 15.3 Å². The minimum Gasteiger partial charge on any atom is -0.454 e. The van der Waals surface area contributed by atoms with Crippen LogP contribution in [0.2, 0.25) is 5.02 Å². The molecule has 2 aromatic carbocycles. The number of hydrogen-bond donors (Lipinski definition) is 2. The topological polar surface area (TPSA) is 85.4 Å². The van der Waals surface area contributed by atoms with Crippen molar-refractivity contribution in [2.24, 2.45) is 0 Å². The van der Waals surface area contributed by atoms with Crippen molar-refractivity contribution in [2.45, 2.75) is 6.54 Å². The number of aromatic nitrogens is 2. The van der Waals surface area contributed by atoms with Crippen molar-refractivity contribution in [1.29, 1.82) is 0 Å². The third-order valence-electron chi connectivity index (χ3n) is 3.88. The van der Waals surface area contributed by atoms with Crippen LogP contribution in [-0.2, 0) is 6.54 Å². The molecule has 7 nitrogen and oxygen atoms in total. The number of anilines is 2. The van der Waals surface area contributed by atoms with Crippen LogP contribution in [0.25, 0.3) is 0 Å². The lowest BCUT2D eigenvalue weighted by Gasteiger charge is -2.07. The highest BCUT2D eigenvalue weighted by Gasteiger charge is 2.14. The first kappa shape index (κ1) is 17.1. The molecule has 1 aromatic heterocycles. The average molecular weight is 383 g/mol. The summed E-state index contributed by atoms with van der Waals surface area (Å²) >= 11 is 5.95. The van der Waals surface area contributed by atoms with Gasteiger partial charge in [0.2, 0.25) is 12.7 Å². The van der Waals surface area contributed by atoms with Gasteiger partial charge in [-0.05, 0) is 35.9 Å². The van der Waals surface area contributed by atoms with Crippen LogP contribution in [0.3, 0.4) is 0 Å². The molecule has 0 bridgehead atoms. The van der Waals surface area contributed by atoms with E-state index in [-0.39, 0.29) is 12.7 Å².